The van der Waals surface area contributed by atoms with Crippen LogP contribution in [0, 0.1) is 0 Å². The molecule has 4 aromatic rings. The Labute approximate surface area is 143 Å². The summed E-state index contributed by atoms with van der Waals surface area (Å²) in [6.07, 6.45) is 3.70. The Morgan fingerprint density at radius 2 is 2.00 bits per heavy atom. The van der Waals surface area contributed by atoms with Crippen molar-refractivity contribution in [2.75, 3.05) is 5.73 Å². The van der Waals surface area contributed by atoms with Crippen molar-refractivity contribution < 1.29 is 0 Å². The number of hydrogen-bond acceptors (Lipinski definition) is 5. The molecule has 0 fully saturated rings. The number of nitrogens with two attached hydrogens (primary N) is 1. The van der Waals surface area contributed by atoms with Crippen molar-refractivity contribution in [2.24, 2.45) is 0 Å². The van der Waals surface area contributed by atoms with Crippen LogP contribution >= 0.6 is 11.3 Å². The summed E-state index contributed by atoms with van der Waals surface area (Å²) in [7, 11) is 0. The topological polar surface area (TPSA) is 80.5 Å². The van der Waals surface area contributed by atoms with Gasteiger partial charge in [0.15, 0.2) is 0 Å². The number of aromatic nitrogens is 4. The highest BCUT2D eigenvalue weighted by Gasteiger charge is 2.16. The van der Waals surface area contributed by atoms with Gasteiger partial charge in [-0.25, -0.2) is 9.97 Å². The molecule has 3 N–H and O–H groups in total. The molecule has 24 heavy (non-hydrogen) atoms. The lowest BCUT2D eigenvalue weighted by Gasteiger charge is -2.08. The van der Waals surface area contributed by atoms with Crippen molar-refractivity contribution in [3.8, 4) is 21.7 Å². The zero-order valence-corrected chi connectivity index (χ0v) is 14.3. The van der Waals surface area contributed by atoms with Crippen LogP contribution in [0.1, 0.15) is 25.5 Å². The lowest BCUT2D eigenvalue weighted by Crippen LogP contribution is -1.96. The summed E-state index contributed by atoms with van der Waals surface area (Å²) >= 11 is 1.63. The van der Waals surface area contributed by atoms with Crippen LogP contribution in [-0.4, -0.2) is 20.2 Å². The fraction of sp³-hybridized carbons (Fsp3) is 0.167. The van der Waals surface area contributed by atoms with Gasteiger partial charge in [0.25, 0.3) is 0 Å². The molecule has 0 unspecified atom stereocenters. The second-order valence-electron chi connectivity index (χ2n) is 5.98. The number of aromatic amines is 1. The quantitative estimate of drug-likeness (QED) is 0.579. The largest absolute Gasteiger partial charge is 0.383 e. The van der Waals surface area contributed by atoms with Gasteiger partial charge in [-0.15, -0.1) is 11.3 Å². The molecule has 0 saturated carbocycles. The summed E-state index contributed by atoms with van der Waals surface area (Å²) in [6, 6.07) is 10.1. The average molecular weight is 335 g/mol. The number of nitrogens with one attached hydrogen (secondary N) is 1. The minimum atomic E-state index is 0.328. The van der Waals surface area contributed by atoms with Crippen LogP contribution in [-0.2, 0) is 0 Å². The van der Waals surface area contributed by atoms with Gasteiger partial charge in [-0.05, 0) is 24.1 Å². The van der Waals surface area contributed by atoms with Gasteiger partial charge >= 0.3 is 0 Å². The number of pyridine rings is 1. The molecule has 0 spiro atoms. The summed E-state index contributed by atoms with van der Waals surface area (Å²) in [4.78, 5) is 9.08. The van der Waals surface area contributed by atoms with E-state index in [1.807, 2.05) is 24.4 Å². The van der Waals surface area contributed by atoms with Crippen molar-refractivity contribution in [2.45, 2.75) is 19.8 Å². The number of hydrogen-bond donors (Lipinski definition) is 2. The minimum Gasteiger partial charge on any atom is -0.383 e. The monoisotopic (exact) mass is 335 g/mol. The third-order valence-corrected chi connectivity index (χ3v) is 5.04. The molecule has 0 saturated heterocycles. The van der Waals surface area contributed by atoms with Crippen LogP contribution in [0.4, 0.5) is 5.82 Å². The Bertz CT molecular complexity index is 982. The fourth-order valence-electron chi connectivity index (χ4n) is 2.75. The summed E-state index contributed by atoms with van der Waals surface area (Å²) in [6.45, 7) is 4.25. The summed E-state index contributed by atoms with van der Waals surface area (Å²) in [5.41, 5.74) is 11.0. The van der Waals surface area contributed by atoms with Gasteiger partial charge in [0.05, 0.1) is 21.5 Å². The van der Waals surface area contributed by atoms with Gasteiger partial charge in [-0.1, -0.05) is 26.0 Å². The highest BCUT2D eigenvalue weighted by Crippen LogP contribution is 2.36. The Morgan fingerprint density at radius 1 is 1.17 bits per heavy atom. The van der Waals surface area contributed by atoms with Crippen molar-refractivity contribution >= 4 is 27.4 Å². The number of anilines is 1. The molecular formula is C18H17N5S. The number of thiazole rings is 1. The van der Waals surface area contributed by atoms with Crippen LogP contribution in [0.5, 0.6) is 0 Å². The predicted molar refractivity (Wildman–Crippen MR) is 98.9 cm³/mol. The molecule has 0 aliphatic carbocycles. The Balaban J connectivity index is 1.86. The zero-order chi connectivity index (χ0) is 16.7. The highest BCUT2D eigenvalue weighted by molar-refractivity contribution is 7.21. The van der Waals surface area contributed by atoms with Crippen LogP contribution in [0.2, 0.25) is 0 Å². The van der Waals surface area contributed by atoms with E-state index in [1.165, 1.54) is 0 Å². The molecule has 3 aromatic heterocycles. The Morgan fingerprint density at radius 3 is 2.79 bits per heavy atom. The molecule has 6 heteroatoms. The number of rotatable bonds is 3. The van der Waals surface area contributed by atoms with Crippen LogP contribution < -0.4 is 5.73 Å². The van der Waals surface area contributed by atoms with Gasteiger partial charge in [-0.3, -0.25) is 5.10 Å². The lowest BCUT2D eigenvalue weighted by molar-refractivity contribution is 0.812. The predicted octanol–water partition coefficient (Wildman–Crippen LogP) is 4.45. The van der Waals surface area contributed by atoms with E-state index in [2.05, 4.69) is 41.2 Å². The van der Waals surface area contributed by atoms with Gasteiger partial charge < -0.3 is 5.73 Å². The van der Waals surface area contributed by atoms with E-state index >= 15 is 0 Å². The van der Waals surface area contributed by atoms with E-state index in [0.717, 1.165) is 37.6 Å². The summed E-state index contributed by atoms with van der Waals surface area (Å²) < 4.78 is 1.14. The third-order valence-electron chi connectivity index (χ3n) is 3.97. The number of nitrogen functional groups attached to an aromatic ring is 1. The molecule has 3 heterocycles. The van der Waals surface area contributed by atoms with Crippen LogP contribution in [0.25, 0.3) is 31.9 Å². The van der Waals surface area contributed by atoms with Crippen LogP contribution in [0.3, 0.4) is 0 Å². The maximum Gasteiger partial charge on any atom is 0.133 e. The van der Waals surface area contributed by atoms with E-state index in [9.17, 15) is 0 Å². The molecule has 0 atom stereocenters. The van der Waals surface area contributed by atoms with Crippen molar-refractivity contribution in [1.29, 1.82) is 0 Å². The molecule has 1 aromatic carbocycles. The van der Waals surface area contributed by atoms with Gasteiger partial charge in [-0.2, -0.15) is 5.10 Å². The van der Waals surface area contributed by atoms with E-state index in [4.69, 9.17) is 10.7 Å². The molecule has 120 valence electrons. The number of para-hydroxylation sites is 1. The van der Waals surface area contributed by atoms with Crippen LogP contribution in [0.15, 0.2) is 42.7 Å². The molecule has 0 bridgehead atoms. The first-order valence-corrected chi connectivity index (χ1v) is 8.60. The molecular weight excluding hydrogens is 318 g/mol. The number of nitrogens with zero attached hydrogens (tertiary/aromatic N) is 3. The summed E-state index contributed by atoms with van der Waals surface area (Å²) in [5, 5.41) is 8.19. The lowest BCUT2D eigenvalue weighted by atomic mass is 10.0. The maximum atomic E-state index is 6.13. The first-order valence-electron chi connectivity index (χ1n) is 7.79. The number of H-pyrrole nitrogens is 1. The smallest absolute Gasteiger partial charge is 0.133 e. The first-order chi connectivity index (χ1) is 11.6. The fourth-order valence-corrected chi connectivity index (χ4v) is 3.74. The standard InChI is InChI=1S/C18H17N5S/c1-10(2)16-13(9-21-23-16)11-7-12(17(19)20-8-11)18-22-14-5-3-4-6-15(14)24-18/h3-10H,1-2H3,(H2,19,20)(H,21,23). The number of benzene rings is 1. The zero-order valence-electron chi connectivity index (χ0n) is 13.4. The molecule has 0 radical (unpaired) electrons. The molecule has 4 rings (SSSR count). The second kappa shape index (κ2) is 5.72. The molecule has 0 amide bonds. The average Bonchev–Trinajstić information content (AvgIpc) is 3.22. The van der Waals surface area contributed by atoms with Crippen molar-refractivity contribution in [3.05, 3.63) is 48.4 Å². The molecule has 0 aliphatic rings. The van der Waals surface area contributed by atoms with E-state index in [0.29, 0.717) is 11.7 Å². The first kappa shape index (κ1) is 14.8. The minimum absolute atomic E-state index is 0.328. The summed E-state index contributed by atoms with van der Waals surface area (Å²) in [5.74, 6) is 0.821. The van der Waals surface area contributed by atoms with E-state index in [1.54, 1.807) is 17.5 Å². The Hall–Kier alpha value is -2.73. The van der Waals surface area contributed by atoms with E-state index in [-0.39, 0.29) is 0 Å². The number of fused-ring (bicyclic) bond motifs is 1. The molecule has 0 aliphatic heterocycles. The SMILES string of the molecule is CC(C)c1n[nH]cc1-c1cnc(N)c(-c2nc3ccccc3s2)c1. The van der Waals surface area contributed by atoms with E-state index < -0.39 is 0 Å². The Kier molecular flexibility index (Phi) is 3.54. The van der Waals surface area contributed by atoms with Gasteiger partial charge in [0.2, 0.25) is 0 Å². The normalized spacial score (nSPS) is 11.5. The highest BCUT2D eigenvalue weighted by atomic mass is 32.1. The van der Waals surface area contributed by atoms with Gasteiger partial charge in [0.1, 0.15) is 10.8 Å². The third kappa shape index (κ3) is 2.45. The van der Waals surface area contributed by atoms with Gasteiger partial charge in [0, 0.05) is 23.5 Å². The van der Waals surface area contributed by atoms with Crippen molar-refractivity contribution in [3.63, 3.8) is 0 Å². The van der Waals surface area contributed by atoms with Crippen molar-refractivity contribution in [1.82, 2.24) is 20.2 Å². The maximum absolute atomic E-state index is 6.13. The molecule has 5 nitrogen and oxygen atoms in total. The second-order valence-corrected chi connectivity index (χ2v) is 7.01.